The van der Waals surface area contributed by atoms with E-state index in [2.05, 4.69) is 0 Å². The number of hydrogen-bond donors (Lipinski definition) is 0. The smallest absolute Gasteiger partial charge is 0.294 e. The summed E-state index contributed by atoms with van der Waals surface area (Å²) in [6, 6.07) is 28.3. The fourth-order valence-electron chi connectivity index (χ4n) is 11.3. The maximum Gasteiger partial charge on any atom is 0.294 e. The number of nitro groups is 2. The standard InChI is InChI=1S/C56H50Cl2N8O13S2/c1-7-63(59(3)4)80(73,74)37-11-13-39-41(23-37)43(65(69)70)25-45-53(39)35(27-57)29-61(45)55(67)51-21-33-19-31(9-15-49(33)78-51)47-17-18-48(77-47)32-10-16-50-34(20-32)22-52(79-50)56(68)62-30-36(28-58)54-40-14-12-38(81(75,76)64(8-2)60(5)6)24-42(40)44(66(71)72)26-46(54)62/h9-26,35-36H,7-8,27-30H2,1-6H3. The molecule has 0 radical (unpaired) electrons. The second-order valence-corrected chi connectivity index (χ2v) is 24.3. The first-order valence-corrected chi connectivity index (χ1v) is 29.4. The van der Waals surface area contributed by atoms with Gasteiger partial charge in [-0.2, -0.15) is 0 Å². The Morgan fingerprint density at radius 1 is 0.556 bits per heavy atom. The number of sulfonamides is 2. The maximum atomic E-state index is 14.4. The van der Waals surface area contributed by atoms with Crippen molar-refractivity contribution in [1.29, 1.82) is 0 Å². The lowest BCUT2D eigenvalue weighted by molar-refractivity contribution is -0.383. The second-order valence-electron chi connectivity index (χ2n) is 20.0. The molecule has 5 heterocycles. The van der Waals surface area contributed by atoms with E-state index in [0.717, 1.165) is 8.83 Å². The Kier molecular flexibility index (Phi) is 14.1. The number of halogens is 2. The number of benzene rings is 6. The van der Waals surface area contributed by atoms with Gasteiger partial charge in [0.1, 0.15) is 22.7 Å². The molecule has 2 aliphatic heterocycles. The number of nitrogens with zero attached hydrogens (tertiary/aromatic N) is 8. The van der Waals surface area contributed by atoms with Crippen LogP contribution in [0.15, 0.2) is 132 Å². The first-order valence-electron chi connectivity index (χ1n) is 25.4. The van der Waals surface area contributed by atoms with E-state index in [4.69, 9.17) is 36.5 Å². The highest BCUT2D eigenvalue weighted by atomic mass is 35.5. The highest BCUT2D eigenvalue weighted by Crippen LogP contribution is 2.49. The number of fused-ring (bicyclic) bond motifs is 8. The molecule has 0 aliphatic carbocycles. The van der Waals surface area contributed by atoms with Gasteiger partial charge < -0.3 is 23.1 Å². The van der Waals surface area contributed by atoms with Gasteiger partial charge in [0.25, 0.3) is 43.2 Å². The number of hydrazine groups is 2. The van der Waals surface area contributed by atoms with Crippen LogP contribution in [0.2, 0.25) is 0 Å². The molecule has 2 amide bonds. The third-order valence-corrected chi connectivity index (χ3v) is 19.6. The molecule has 2 atom stereocenters. The predicted octanol–water partition coefficient (Wildman–Crippen LogP) is 11.2. The molecule has 81 heavy (non-hydrogen) atoms. The lowest BCUT2D eigenvalue weighted by Crippen LogP contribution is -2.41. The van der Waals surface area contributed by atoms with Crippen LogP contribution >= 0.6 is 23.2 Å². The second kappa shape index (κ2) is 20.7. The Morgan fingerprint density at radius 2 is 0.951 bits per heavy atom. The van der Waals surface area contributed by atoms with E-state index < -0.39 is 53.5 Å². The molecule has 2 unspecified atom stereocenters. The van der Waals surface area contributed by atoms with Crippen LogP contribution in [0.25, 0.3) is 66.1 Å². The van der Waals surface area contributed by atoms with Gasteiger partial charge in [-0.05, 0) is 121 Å². The summed E-state index contributed by atoms with van der Waals surface area (Å²) in [5.74, 6) is -0.976. The Labute approximate surface area is 473 Å². The van der Waals surface area contributed by atoms with Crippen LogP contribution in [0.3, 0.4) is 0 Å². The molecule has 418 valence electrons. The topological polar surface area (TPSA) is 248 Å². The van der Waals surface area contributed by atoms with Crippen LogP contribution in [0.1, 0.15) is 57.9 Å². The zero-order chi connectivity index (χ0) is 57.7. The molecular formula is C56H50Cl2N8O13S2. The average Bonchev–Trinajstić information content (AvgIpc) is 4.39. The number of alkyl halides is 2. The minimum atomic E-state index is -4.07. The Morgan fingerprint density at radius 3 is 1.30 bits per heavy atom. The highest BCUT2D eigenvalue weighted by molar-refractivity contribution is 7.89. The Bertz CT molecular complexity index is 4090. The van der Waals surface area contributed by atoms with Gasteiger partial charge in [0, 0.05) is 112 Å². The van der Waals surface area contributed by atoms with Crippen LogP contribution in [0.5, 0.6) is 0 Å². The van der Waals surface area contributed by atoms with Crippen molar-refractivity contribution >= 4 is 121 Å². The maximum absolute atomic E-state index is 14.4. The van der Waals surface area contributed by atoms with Gasteiger partial charge in [-0.3, -0.25) is 29.8 Å². The predicted molar refractivity (Wildman–Crippen MR) is 307 cm³/mol. The fraction of sp³-hybridized carbons (Fsp3) is 0.250. The van der Waals surface area contributed by atoms with Gasteiger partial charge in [-0.15, -0.1) is 32.0 Å². The molecule has 0 saturated carbocycles. The molecule has 2 aliphatic rings. The molecule has 9 aromatic rings. The number of furan rings is 3. The average molecular weight is 1180 g/mol. The molecule has 0 spiro atoms. The van der Waals surface area contributed by atoms with Gasteiger partial charge in [-0.1, -0.05) is 12.1 Å². The summed E-state index contributed by atoms with van der Waals surface area (Å²) in [4.78, 5) is 55.4. The number of anilines is 2. The van der Waals surface area contributed by atoms with Crippen LogP contribution in [0.4, 0.5) is 22.7 Å². The largest absolute Gasteiger partial charge is 0.456 e. The van der Waals surface area contributed by atoms with Crippen molar-refractivity contribution in [2.45, 2.75) is 35.5 Å². The fourth-order valence-corrected chi connectivity index (χ4v) is 14.8. The molecule has 0 N–H and O–H groups in total. The molecule has 6 aromatic carbocycles. The molecule has 0 fully saturated rings. The highest BCUT2D eigenvalue weighted by Gasteiger charge is 2.41. The summed E-state index contributed by atoms with van der Waals surface area (Å²) in [6.45, 7) is 3.79. The lowest BCUT2D eigenvalue weighted by atomic mass is 9.95. The van der Waals surface area contributed by atoms with Crippen molar-refractivity contribution in [2.75, 3.05) is 75.9 Å². The van der Waals surface area contributed by atoms with Crippen LogP contribution in [0, 0.1) is 20.2 Å². The molecule has 25 heteroatoms. The van der Waals surface area contributed by atoms with E-state index >= 15 is 0 Å². The van der Waals surface area contributed by atoms with E-state index in [1.165, 1.54) is 68.3 Å². The van der Waals surface area contributed by atoms with Crippen molar-refractivity contribution in [1.82, 2.24) is 18.8 Å². The minimum Gasteiger partial charge on any atom is -0.456 e. The zero-order valence-electron chi connectivity index (χ0n) is 44.2. The summed E-state index contributed by atoms with van der Waals surface area (Å²) in [5, 5.41) is 30.2. The summed E-state index contributed by atoms with van der Waals surface area (Å²) in [7, 11) is -1.80. The lowest BCUT2D eigenvalue weighted by Gasteiger charge is -2.26. The van der Waals surface area contributed by atoms with E-state index in [1.807, 2.05) is 0 Å². The van der Waals surface area contributed by atoms with Crippen LogP contribution in [-0.4, -0.2) is 123 Å². The van der Waals surface area contributed by atoms with Crippen LogP contribution in [-0.2, 0) is 20.0 Å². The molecule has 0 bridgehead atoms. The number of nitro benzene ring substituents is 2. The number of carbonyl (C=O) groups is 2. The minimum absolute atomic E-state index is 0.0298. The summed E-state index contributed by atoms with van der Waals surface area (Å²) in [6.07, 6.45) is 0. The molecular weight excluding hydrogens is 1130 g/mol. The van der Waals surface area contributed by atoms with Gasteiger partial charge in [0.15, 0.2) is 11.5 Å². The first-order chi connectivity index (χ1) is 38.6. The number of rotatable bonds is 16. The SMILES string of the molecule is CCN(N(C)C)S(=O)(=O)c1ccc2c3c(cc([N+](=O)[O-])c2c1)N(C(=O)c1cc2cc(-c4ccc(-c5ccc6oc(C(=O)N7CC(CCl)c8c7cc([N+](=O)[O-])c7cc(S(=O)(=O)N(CC)N(C)C)ccc87)cc6c5)o4)ccc2o1)CC3CCl. The van der Waals surface area contributed by atoms with Gasteiger partial charge in [0.05, 0.1) is 41.8 Å². The molecule has 21 nitrogen and oxygen atoms in total. The number of carbonyl (C=O) groups excluding carboxylic acids is 2. The number of non-ortho nitro benzene ring substituents is 2. The van der Waals surface area contributed by atoms with Gasteiger partial charge >= 0.3 is 0 Å². The van der Waals surface area contributed by atoms with Crippen molar-refractivity contribution in [3.8, 4) is 22.6 Å². The van der Waals surface area contributed by atoms with E-state index in [9.17, 15) is 46.7 Å². The molecule has 0 saturated heterocycles. The Balaban J connectivity index is 0.850. The van der Waals surface area contributed by atoms with E-state index in [0.29, 0.717) is 66.5 Å². The Hall–Kier alpha value is -7.74. The summed E-state index contributed by atoms with van der Waals surface area (Å²) in [5.41, 5.74) is 3.02. The van der Waals surface area contributed by atoms with Gasteiger partial charge in [0.2, 0.25) is 0 Å². The van der Waals surface area contributed by atoms with E-state index in [-0.39, 0.29) is 92.8 Å². The zero-order valence-corrected chi connectivity index (χ0v) is 47.4. The molecule has 3 aromatic heterocycles. The normalized spacial score (nSPS) is 15.7. The van der Waals surface area contributed by atoms with Crippen LogP contribution < -0.4 is 9.80 Å². The number of amides is 2. The van der Waals surface area contributed by atoms with Crippen molar-refractivity contribution in [3.63, 3.8) is 0 Å². The van der Waals surface area contributed by atoms with Crippen molar-refractivity contribution in [3.05, 3.63) is 152 Å². The number of hydrogen-bond acceptors (Lipinski definition) is 15. The summed E-state index contributed by atoms with van der Waals surface area (Å²) < 4.78 is 75.3. The summed E-state index contributed by atoms with van der Waals surface area (Å²) >= 11 is 13.0. The van der Waals surface area contributed by atoms with Crippen molar-refractivity contribution in [2.24, 2.45) is 0 Å². The first kappa shape index (κ1) is 55.2. The van der Waals surface area contributed by atoms with Gasteiger partial charge in [-0.25, -0.2) is 26.9 Å². The quantitative estimate of drug-likeness (QED) is 0.0496. The monoisotopic (exact) mass is 1180 g/mol. The van der Waals surface area contributed by atoms with E-state index in [1.54, 1.807) is 103 Å². The van der Waals surface area contributed by atoms with Crippen molar-refractivity contribution < 1.29 is 49.5 Å². The molecule has 11 rings (SSSR count). The third-order valence-electron chi connectivity index (χ3n) is 14.9. The third kappa shape index (κ3) is 9.17.